The highest BCUT2D eigenvalue weighted by molar-refractivity contribution is 6.45. The van der Waals surface area contributed by atoms with E-state index in [1.165, 1.54) is 0 Å². The molecule has 2 saturated heterocycles. The zero-order valence-corrected chi connectivity index (χ0v) is 17.4. The predicted octanol–water partition coefficient (Wildman–Crippen LogP) is 2.67. The van der Waals surface area contributed by atoms with Crippen molar-refractivity contribution in [2.45, 2.75) is 115 Å². The Hall–Kier alpha value is -0.110. The van der Waals surface area contributed by atoms with Gasteiger partial charge >= 0.3 is 14.2 Å². The van der Waals surface area contributed by atoms with E-state index in [1.54, 1.807) is 6.92 Å². The predicted molar refractivity (Wildman–Crippen MR) is 103 cm³/mol. The second-order valence-corrected chi connectivity index (χ2v) is 9.71. The van der Waals surface area contributed by atoms with Gasteiger partial charge in [0.2, 0.25) is 0 Å². The molecule has 2 rings (SSSR count). The Bertz CT molecular complexity index is 471. The summed E-state index contributed by atoms with van der Waals surface area (Å²) in [5.74, 6) is 0. The van der Waals surface area contributed by atoms with E-state index in [1.807, 2.05) is 41.5 Å². The van der Waals surface area contributed by atoms with Crippen LogP contribution in [0.4, 0.5) is 0 Å². The molecule has 0 aliphatic carbocycles. The Kier molecular flexibility index (Phi) is 6.91. The highest BCUT2D eigenvalue weighted by atomic mass is 16.6. The van der Waals surface area contributed by atoms with Crippen LogP contribution in [0.15, 0.2) is 0 Å². The van der Waals surface area contributed by atoms with E-state index >= 15 is 0 Å². The van der Waals surface area contributed by atoms with Crippen LogP contribution in [0.25, 0.3) is 0 Å². The zero-order valence-electron chi connectivity index (χ0n) is 17.4. The second kappa shape index (κ2) is 8.10. The summed E-state index contributed by atoms with van der Waals surface area (Å²) in [6.07, 6.45) is 1.93. The number of aliphatic hydroxyl groups excluding tert-OH is 1. The maximum absolute atomic E-state index is 10.8. The fourth-order valence-electron chi connectivity index (χ4n) is 4.31. The van der Waals surface area contributed by atoms with Gasteiger partial charge in [0.25, 0.3) is 0 Å². The van der Waals surface area contributed by atoms with E-state index in [0.717, 1.165) is 12.8 Å². The van der Waals surface area contributed by atoms with Crippen LogP contribution < -0.4 is 0 Å². The Morgan fingerprint density at radius 1 is 1.00 bits per heavy atom. The van der Waals surface area contributed by atoms with E-state index < -0.39 is 25.9 Å². The summed E-state index contributed by atoms with van der Waals surface area (Å²) in [6.45, 7) is 13.9. The zero-order chi connectivity index (χ0) is 19.8. The van der Waals surface area contributed by atoms with Gasteiger partial charge in [0.05, 0.1) is 22.9 Å². The number of hydrogen-bond acceptors (Lipinski definition) is 6. The second-order valence-electron chi connectivity index (χ2n) is 9.71. The molecule has 4 unspecified atom stereocenters. The van der Waals surface area contributed by atoms with Gasteiger partial charge in [-0.05, 0) is 61.3 Å². The van der Waals surface area contributed by atoms with Gasteiger partial charge in [-0.25, -0.2) is 0 Å². The van der Waals surface area contributed by atoms with Crippen molar-refractivity contribution in [3.05, 3.63) is 0 Å². The molecule has 2 fully saturated rings. The highest BCUT2D eigenvalue weighted by Crippen LogP contribution is 2.32. The maximum atomic E-state index is 10.8. The molecule has 2 heterocycles. The summed E-state index contributed by atoms with van der Waals surface area (Å²) in [6, 6.07) is 0. The van der Waals surface area contributed by atoms with Gasteiger partial charge in [-0.2, -0.15) is 0 Å². The van der Waals surface area contributed by atoms with Crippen LogP contribution in [0.1, 0.15) is 67.7 Å². The first-order valence-corrected chi connectivity index (χ1v) is 9.82. The normalized spacial score (nSPS) is 32.2. The lowest BCUT2D eigenvalue weighted by Gasteiger charge is -2.41. The summed E-state index contributed by atoms with van der Waals surface area (Å²) in [5.41, 5.74) is -1.65. The molecule has 0 spiro atoms. The molecule has 150 valence electrons. The van der Waals surface area contributed by atoms with Crippen LogP contribution in [0, 0.1) is 0 Å². The van der Waals surface area contributed by atoms with Crippen LogP contribution in [0.2, 0.25) is 12.6 Å². The van der Waals surface area contributed by atoms with Crippen molar-refractivity contribution in [3.63, 3.8) is 0 Å². The van der Waals surface area contributed by atoms with Crippen molar-refractivity contribution in [1.29, 1.82) is 0 Å². The molecule has 26 heavy (non-hydrogen) atoms. The fourth-order valence-corrected chi connectivity index (χ4v) is 4.31. The van der Waals surface area contributed by atoms with Gasteiger partial charge in [-0.3, -0.25) is 0 Å². The van der Waals surface area contributed by atoms with E-state index in [4.69, 9.17) is 18.6 Å². The number of hydrogen-bond donors (Lipinski definition) is 2. The van der Waals surface area contributed by atoms with E-state index in [-0.39, 0.29) is 29.8 Å². The van der Waals surface area contributed by atoms with E-state index in [9.17, 15) is 10.2 Å². The van der Waals surface area contributed by atoms with Crippen LogP contribution in [-0.2, 0) is 18.6 Å². The van der Waals surface area contributed by atoms with Gasteiger partial charge < -0.3 is 28.8 Å². The minimum Gasteiger partial charge on any atom is -0.408 e. The van der Waals surface area contributed by atoms with Crippen LogP contribution in [0.3, 0.4) is 0 Å². The highest BCUT2D eigenvalue weighted by Gasteiger charge is 2.43. The van der Waals surface area contributed by atoms with E-state index in [2.05, 4.69) is 0 Å². The molecule has 0 radical (unpaired) electrons. The van der Waals surface area contributed by atoms with Gasteiger partial charge in [0, 0.05) is 31.3 Å². The summed E-state index contributed by atoms with van der Waals surface area (Å²) in [7, 11) is -0.933. The van der Waals surface area contributed by atoms with Crippen molar-refractivity contribution in [2.75, 3.05) is 0 Å². The third-order valence-electron chi connectivity index (χ3n) is 4.97. The molecule has 8 heteroatoms. The standard InChI is InChI=1S/C18H36B2O6/c1-13-8-16(3,4)25-19(23-13)11-15(21)10-18(7,22)12-20-24-14(2)9-17(5,6)26-20/h13-15,21-22H,8-12H2,1-7H3. The largest absolute Gasteiger partial charge is 0.460 e. The topological polar surface area (TPSA) is 77.4 Å². The van der Waals surface area contributed by atoms with Gasteiger partial charge in [0.1, 0.15) is 0 Å². The lowest BCUT2D eigenvalue weighted by molar-refractivity contribution is -0.0457. The third-order valence-corrected chi connectivity index (χ3v) is 4.97. The SMILES string of the molecule is CC1CC(C)(C)OB(CC(O)CC(C)(O)CB2OC(C)CC(C)(C)O2)O1. The first kappa shape index (κ1) is 22.2. The molecule has 2 N–H and O–H groups in total. The quantitative estimate of drug-likeness (QED) is 0.701. The van der Waals surface area contributed by atoms with Crippen LogP contribution in [0.5, 0.6) is 0 Å². The van der Waals surface area contributed by atoms with Crippen molar-refractivity contribution >= 4 is 14.2 Å². The molecule has 0 amide bonds. The fraction of sp³-hybridized carbons (Fsp3) is 1.00. The Morgan fingerprint density at radius 3 is 1.96 bits per heavy atom. The monoisotopic (exact) mass is 370 g/mol. The van der Waals surface area contributed by atoms with Crippen molar-refractivity contribution in [3.8, 4) is 0 Å². The molecule has 0 saturated carbocycles. The average molecular weight is 370 g/mol. The Morgan fingerprint density at radius 2 is 1.46 bits per heavy atom. The van der Waals surface area contributed by atoms with E-state index in [0.29, 0.717) is 12.6 Å². The lowest BCUT2D eigenvalue weighted by Crippen LogP contribution is -2.50. The molecule has 2 aliphatic heterocycles. The maximum Gasteiger partial charge on any atom is 0.460 e. The first-order chi connectivity index (χ1) is 11.8. The molecule has 6 nitrogen and oxygen atoms in total. The minimum atomic E-state index is -1.10. The molecule has 0 aromatic carbocycles. The van der Waals surface area contributed by atoms with Crippen LogP contribution in [-0.4, -0.2) is 59.6 Å². The van der Waals surface area contributed by atoms with Gasteiger partial charge in [-0.1, -0.05) is 0 Å². The summed E-state index contributed by atoms with van der Waals surface area (Å²) >= 11 is 0. The molecule has 0 aromatic rings. The van der Waals surface area contributed by atoms with Crippen molar-refractivity contribution in [2.24, 2.45) is 0 Å². The summed E-state index contributed by atoms with van der Waals surface area (Å²) in [4.78, 5) is 0. The molecule has 2 aliphatic rings. The van der Waals surface area contributed by atoms with Crippen molar-refractivity contribution < 1.29 is 28.8 Å². The third kappa shape index (κ3) is 7.13. The lowest BCUT2D eigenvalue weighted by atomic mass is 9.69. The summed E-state index contributed by atoms with van der Waals surface area (Å²) < 4.78 is 23.4. The summed E-state index contributed by atoms with van der Waals surface area (Å²) in [5, 5.41) is 21.3. The number of rotatable bonds is 6. The smallest absolute Gasteiger partial charge is 0.408 e. The van der Waals surface area contributed by atoms with Gasteiger partial charge in [0.15, 0.2) is 0 Å². The van der Waals surface area contributed by atoms with Crippen molar-refractivity contribution in [1.82, 2.24) is 0 Å². The first-order valence-electron chi connectivity index (χ1n) is 9.82. The van der Waals surface area contributed by atoms with Gasteiger partial charge in [-0.15, -0.1) is 0 Å². The molecule has 4 atom stereocenters. The molecular formula is C18H36B2O6. The number of aliphatic hydroxyl groups is 2. The average Bonchev–Trinajstić information content (AvgIpc) is 2.30. The Labute approximate surface area is 159 Å². The molecule has 0 bridgehead atoms. The Balaban J connectivity index is 1.85. The molecular weight excluding hydrogens is 334 g/mol. The molecule has 0 aromatic heterocycles. The van der Waals surface area contributed by atoms with Crippen LogP contribution >= 0.6 is 0 Å². The minimum absolute atomic E-state index is 0.0808.